The van der Waals surface area contributed by atoms with Crippen LogP contribution >= 0.6 is 30.9 Å². The lowest BCUT2D eigenvalue weighted by Crippen LogP contribution is -2.13. The predicted octanol–water partition coefficient (Wildman–Crippen LogP) is 7.29. The summed E-state index contributed by atoms with van der Waals surface area (Å²) in [5.74, 6) is -0.116. The van der Waals surface area contributed by atoms with Crippen LogP contribution in [0.25, 0.3) is 0 Å². The Kier molecular flexibility index (Phi) is 19.7. The fraction of sp³-hybridized carbons (Fsp3) is 0.556. The molecule has 1 aromatic carbocycles. The number of anilines is 1. The molecule has 9 nitrogen and oxygen atoms in total. The second kappa shape index (κ2) is 20.8. The molecular weight excluding hydrogens is 557 g/mol. The van der Waals surface area contributed by atoms with Gasteiger partial charge in [-0.3, -0.25) is 19.0 Å². The van der Waals surface area contributed by atoms with Crippen LogP contribution in [0.1, 0.15) is 70.4 Å². The van der Waals surface area contributed by atoms with E-state index in [0.717, 1.165) is 0 Å². The zero-order valence-corrected chi connectivity index (χ0v) is 26.7. The molecule has 1 aromatic heterocycles. The number of phenols is 1. The van der Waals surface area contributed by atoms with Crippen LogP contribution in [0.4, 0.5) is 5.13 Å². The second-order valence-electron chi connectivity index (χ2n) is 7.90. The molecular formula is C27H44N3O6PS2. The summed E-state index contributed by atoms with van der Waals surface area (Å²) in [7, 11) is -3.27. The van der Waals surface area contributed by atoms with Gasteiger partial charge in [0.2, 0.25) is 0 Å². The van der Waals surface area contributed by atoms with Crippen molar-refractivity contribution in [1.82, 2.24) is 9.29 Å². The lowest BCUT2D eigenvalue weighted by molar-refractivity contribution is 0.102. The maximum atomic E-state index is 12.6. The summed E-state index contributed by atoms with van der Waals surface area (Å²) in [5.41, 5.74) is 0.743. The normalized spacial score (nSPS) is 12.8. The molecule has 0 atom stereocenters. The molecule has 1 amide bonds. The largest absolute Gasteiger partial charge is 0.508 e. The van der Waals surface area contributed by atoms with E-state index in [1.165, 1.54) is 49.4 Å². The maximum absolute atomic E-state index is 12.6. The summed E-state index contributed by atoms with van der Waals surface area (Å²) in [4.78, 5) is 16.8. The zero-order chi connectivity index (χ0) is 29.8. The second-order valence-corrected chi connectivity index (χ2v) is 11.7. The number of carbonyl (C=O) groups is 1. The molecule has 1 fully saturated rings. The van der Waals surface area contributed by atoms with E-state index >= 15 is 0 Å². The van der Waals surface area contributed by atoms with Gasteiger partial charge in [0.1, 0.15) is 11.5 Å². The van der Waals surface area contributed by atoms with E-state index in [9.17, 15) is 14.5 Å². The van der Waals surface area contributed by atoms with Gasteiger partial charge in [0.05, 0.1) is 31.2 Å². The number of aromatic hydroxyl groups is 1. The van der Waals surface area contributed by atoms with Gasteiger partial charge in [0, 0.05) is 30.1 Å². The van der Waals surface area contributed by atoms with Gasteiger partial charge in [-0.05, 0) is 58.9 Å². The number of amides is 1. The Bertz CT molecular complexity index is 1020. The lowest BCUT2D eigenvalue weighted by Gasteiger charge is -2.15. The highest BCUT2D eigenvalue weighted by atomic mass is 32.2. The molecule has 0 spiro atoms. The number of terminal acetylenes is 1. The first-order chi connectivity index (χ1) is 18.7. The highest BCUT2D eigenvalue weighted by Crippen LogP contribution is 2.51. The van der Waals surface area contributed by atoms with Crippen LogP contribution in [0.2, 0.25) is 0 Å². The zero-order valence-electron chi connectivity index (χ0n) is 24.1. The number of ether oxygens (including phenoxy) is 1. The number of nitrogens with one attached hydrogen (secondary N) is 1. The molecule has 1 saturated heterocycles. The SMILES string of the molecule is C#C.CC.CCOP(=O)(Cc1csc(NC(=O)c2cc(O)cc(OC(C)C)c2)n1)OCC.CSN1CCCC1. The number of thiazole rings is 1. The average Bonchev–Trinajstić information content (AvgIpc) is 3.58. The van der Waals surface area contributed by atoms with Crippen molar-refractivity contribution in [3.63, 3.8) is 0 Å². The smallest absolute Gasteiger partial charge is 0.336 e. The molecule has 1 aliphatic rings. The molecule has 2 aromatic rings. The molecule has 3 rings (SSSR count). The molecule has 220 valence electrons. The first-order valence-corrected chi connectivity index (χ1v) is 16.7. The predicted molar refractivity (Wildman–Crippen MR) is 164 cm³/mol. The van der Waals surface area contributed by atoms with Crippen LogP contribution in [0.3, 0.4) is 0 Å². The van der Waals surface area contributed by atoms with E-state index in [1.54, 1.807) is 25.3 Å². The number of phenolic OH excluding ortho intramolecular Hbond substituents is 1. The summed E-state index contributed by atoms with van der Waals surface area (Å²) in [6.45, 7) is 14.3. The third kappa shape index (κ3) is 14.8. The highest BCUT2D eigenvalue weighted by molar-refractivity contribution is 7.96. The summed E-state index contributed by atoms with van der Waals surface area (Å²) >= 11 is 3.07. The Morgan fingerprint density at radius 2 is 1.77 bits per heavy atom. The number of hydrogen-bond donors (Lipinski definition) is 2. The van der Waals surface area contributed by atoms with Crippen molar-refractivity contribution in [2.24, 2.45) is 0 Å². The molecule has 12 heteroatoms. The van der Waals surface area contributed by atoms with Crippen molar-refractivity contribution in [2.45, 2.75) is 66.6 Å². The summed E-state index contributed by atoms with van der Waals surface area (Å²) in [6.07, 6.45) is 12.9. The molecule has 1 aliphatic heterocycles. The van der Waals surface area contributed by atoms with Crippen molar-refractivity contribution < 1.29 is 28.3 Å². The summed E-state index contributed by atoms with van der Waals surface area (Å²) in [5, 5.41) is 14.5. The van der Waals surface area contributed by atoms with E-state index in [2.05, 4.69) is 33.7 Å². The minimum Gasteiger partial charge on any atom is -0.508 e. The Hall–Kier alpha value is -2.06. The molecule has 0 saturated carbocycles. The van der Waals surface area contributed by atoms with E-state index in [0.29, 0.717) is 16.6 Å². The van der Waals surface area contributed by atoms with Crippen molar-refractivity contribution in [1.29, 1.82) is 0 Å². The van der Waals surface area contributed by atoms with E-state index < -0.39 is 13.5 Å². The van der Waals surface area contributed by atoms with E-state index in [4.69, 9.17) is 13.8 Å². The summed E-state index contributed by atoms with van der Waals surface area (Å²) < 4.78 is 31.0. The van der Waals surface area contributed by atoms with Crippen LogP contribution < -0.4 is 10.1 Å². The quantitative estimate of drug-likeness (QED) is 0.156. The molecule has 0 bridgehead atoms. The first-order valence-electron chi connectivity index (χ1n) is 12.9. The Labute approximate surface area is 242 Å². The number of rotatable bonds is 11. The van der Waals surface area contributed by atoms with Gasteiger partial charge < -0.3 is 18.9 Å². The minimum atomic E-state index is -3.27. The molecule has 0 radical (unpaired) electrons. The third-order valence-corrected chi connectivity index (χ3v) is 8.33. The van der Waals surface area contributed by atoms with Crippen molar-refractivity contribution in [3.05, 3.63) is 34.8 Å². The van der Waals surface area contributed by atoms with Crippen LogP contribution in [-0.2, 0) is 19.8 Å². The van der Waals surface area contributed by atoms with Crippen molar-refractivity contribution >= 4 is 41.9 Å². The Morgan fingerprint density at radius 1 is 1.18 bits per heavy atom. The number of carbonyl (C=O) groups excluding carboxylic acids is 1. The topological polar surface area (TPSA) is 110 Å². The van der Waals surface area contributed by atoms with Gasteiger partial charge in [-0.2, -0.15) is 0 Å². The molecule has 0 aliphatic carbocycles. The van der Waals surface area contributed by atoms with Crippen LogP contribution in [0.15, 0.2) is 23.6 Å². The van der Waals surface area contributed by atoms with Gasteiger partial charge in [-0.25, -0.2) is 4.98 Å². The van der Waals surface area contributed by atoms with Gasteiger partial charge in [0.15, 0.2) is 5.13 Å². The van der Waals surface area contributed by atoms with E-state index in [1.807, 2.05) is 39.6 Å². The van der Waals surface area contributed by atoms with Crippen LogP contribution in [0.5, 0.6) is 11.5 Å². The van der Waals surface area contributed by atoms with E-state index in [-0.39, 0.29) is 36.8 Å². The molecule has 2 N–H and O–H groups in total. The fourth-order valence-corrected chi connectivity index (χ4v) is 6.31. The Balaban J connectivity index is 0.00000111. The van der Waals surface area contributed by atoms with Crippen molar-refractivity contribution in [3.8, 4) is 24.3 Å². The first kappa shape index (κ1) is 36.9. The maximum Gasteiger partial charge on any atom is 0.336 e. The number of benzene rings is 1. The lowest BCUT2D eigenvalue weighted by atomic mass is 10.2. The molecule has 39 heavy (non-hydrogen) atoms. The molecule has 0 unspecified atom stereocenters. The van der Waals surface area contributed by atoms with Gasteiger partial charge in [0.25, 0.3) is 5.91 Å². The Morgan fingerprint density at radius 3 is 2.26 bits per heavy atom. The average molecular weight is 602 g/mol. The van der Waals surface area contributed by atoms with Gasteiger partial charge >= 0.3 is 7.60 Å². The highest BCUT2D eigenvalue weighted by Gasteiger charge is 2.26. The standard InChI is InChI=1S/C18H25N2O6PS.C5H11NS.C2H6.C2H2/c1-5-24-27(23,25-6-2)10-14-11-28-18(19-14)20-17(22)13-7-15(21)9-16(8-13)26-12(3)4;1-7-6-4-2-3-5-6;2*1-2/h7-9,11-12,21H,5-6,10H2,1-4H3,(H,19,20,22);2-5H2,1H3;1-2H3;1-2H. The fourth-order valence-electron chi connectivity index (χ4n) is 3.25. The van der Waals surface area contributed by atoms with Crippen molar-refractivity contribution in [2.75, 3.05) is 37.9 Å². The number of aromatic nitrogens is 1. The van der Waals surface area contributed by atoms with Crippen LogP contribution in [0, 0.1) is 12.8 Å². The minimum absolute atomic E-state index is 0.0273. The third-order valence-electron chi connectivity index (χ3n) is 4.63. The number of nitrogens with zero attached hydrogens (tertiary/aromatic N) is 2. The van der Waals surface area contributed by atoms with Gasteiger partial charge in [-0.15, -0.1) is 24.2 Å². The number of hydrogen-bond acceptors (Lipinski definition) is 10. The van der Waals surface area contributed by atoms with Crippen LogP contribution in [-0.4, -0.2) is 59.0 Å². The molecule has 2 heterocycles. The summed E-state index contributed by atoms with van der Waals surface area (Å²) in [6, 6.07) is 4.33. The monoisotopic (exact) mass is 601 g/mol. The van der Waals surface area contributed by atoms with Gasteiger partial charge in [-0.1, -0.05) is 25.8 Å².